The first-order valence-corrected chi connectivity index (χ1v) is 32.5. The molecule has 10 fully saturated rings. The van der Waals surface area contributed by atoms with Gasteiger partial charge in [0.05, 0.1) is 64.1 Å². The number of carbonyl (C=O) groups is 1. The van der Waals surface area contributed by atoms with Crippen LogP contribution < -0.4 is 0 Å². The molecule has 36 atom stereocenters. The van der Waals surface area contributed by atoms with E-state index in [0.29, 0.717) is 32.1 Å². The molecule has 33 nitrogen and oxygen atoms in total. The summed E-state index contributed by atoms with van der Waals surface area (Å²) in [5, 5.41) is 221. The number of rotatable bonds is 15. The van der Waals surface area contributed by atoms with Crippen molar-refractivity contribution in [3.63, 3.8) is 0 Å². The van der Waals surface area contributed by atoms with E-state index in [-0.39, 0.29) is 25.2 Å². The molecule has 4 saturated carbocycles. The molecule has 0 unspecified atom stereocenters. The third-order valence-electron chi connectivity index (χ3n) is 24.1. The molecule has 33 heteroatoms. The molecule has 6 saturated heterocycles. The molecule has 6 aliphatic heterocycles. The monoisotopic (exact) mass is 1360 g/mol. The van der Waals surface area contributed by atoms with E-state index < -0.39 is 268 Å². The van der Waals surface area contributed by atoms with E-state index >= 15 is 4.79 Å². The van der Waals surface area contributed by atoms with Crippen molar-refractivity contribution in [1.82, 2.24) is 0 Å². The van der Waals surface area contributed by atoms with Crippen LogP contribution in [-0.2, 0) is 61.6 Å². The molecule has 6 heterocycles. The molecule has 0 aromatic heterocycles. The van der Waals surface area contributed by atoms with E-state index in [9.17, 15) is 102 Å². The first-order valence-electron chi connectivity index (χ1n) is 32.5. The summed E-state index contributed by atoms with van der Waals surface area (Å²) in [5.74, 6) is -2.56. The summed E-state index contributed by atoms with van der Waals surface area (Å²) in [6.07, 6.45) is -46.0. The number of hydrogen-bond acceptors (Lipinski definition) is 33. The van der Waals surface area contributed by atoms with Gasteiger partial charge in [0, 0.05) is 5.41 Å². The van der Waals surface area contributed by atoms with Crippen LogP contribution in [0.2, 0.25) is 0 Å². The van der Waals surface area contributed by atoms with E-state index in [4.69, 9.17) is 56.8 Å². The van der Waals surface area contributed by atoms with Gasteiger partial charge in [-0.2, -0.15) is 0 Å². The smallest absolute Gasteiger partial charge is 0.317 e. The minimum atomic E-state index is -2.09. The van der Waals surface area contributed by atoms with Gasteiger partial charge in [0.15, 0.2) is 50.1 Å². The van der Waals surface area contributed by atoms with Crippen LogP contribution in [0.15, 0.2) is 11.6 Å². The number of carbonyl (C=O) groups excluding carboxylic acids is 1. The normalized spacial score (nSPS) is 54.9. The van der Waals surface area contributed by atoms with Crippen molar-refractivity contribution in [3.8, 4) is 0 Å². The lowest BCUT2D eigenvalue weighted by Crippen LogP contribution is -2.72. The Labute approximate surface area is 540 Å². The molecular weight excluding hydrogens is 1260 g/mol. The Morgan fingerprint density at radius 3 is 1.77 bits per heavy atom. The van der Waals surface area contributed by atoms with Gasteiger partial charge in [-0.1, -0.05) is 46.3 Å². The van der Waals surface area contributed by atoms with Gasteiger partial charge in [-0.05, 0) is 97.7 Å². The van der Waals surface area contributed by atoms with Crippen molar-refractivity contribution in [2.75, 3.05) is 39.6 Å². The Bertz CT molecular complexity index is 2680. The summed E-state index contributed by atoms with van der Waals surface area (Å²) in [4.78, 5) is 15.5. The molecule has 0 bridgehead atoms. The fourth-order valence-corrected chi connectivity index (χ4v) is 18.4. The first kappa shape index (κ1) is 73.2. The van der Waals surface area contributed by atoms with Crippen molar-refractivity contribution < 1.29 is 164 Å². The quantitative estimate of drug-likeness (QED) is 0.0411. The molecule has 11 aliphatic rings. The van der Waals surface area contributed by atoms with Crippen LogP contribution in [0.3, 0.4) is 0 Å². The van der Waals surface area contributed by atoms with Gasteiger partial charge < -0.3 is 159 Å². The fraction of sp³-hybridized carbons (Fsp3) is 0.951. The molecule has 94 heavy (non-hydrogen) atoms. The van der Waals surface area contributed by atoms with E-state index in [1.54, 1.807) is 0 Å². The Hall–Kier alpha value is -2.03. The Morgan fingerprint density at radius 2 is 1.12 bits per heavy atom. The highest BCUT2D eigenvalue weighted by atomic mass is 16.8. The second kappa shape index (κ2) is 26.7. The molecule has 5 aliphatic carbocycles. The van der Waals surface area contributed by atoms with Crippen molar-refractivity contribution in [2.24, 2.45) is 50.2 Å². The molecule has 540 valence electrons. The summed E-state index contributed by atoms with van der Waals surface area (Å²) >= 11 is 0. The zero-order chi connectivity index (χ0) is 68.6. The highest BCUT2D eigenvalue weighted by molar-refractivity contribution is 5.80. The highest BCUT2D eigenvalue weighted by Gasteiger charge is 2.74. The average molecular weight is 1360 g/mol. The Balaban J connectivity index is 0.801. The second-order valence-corrected chi connectivity index (χ2v) is 30.0. The molecule has 0 radical (unpaired) electrons. The number of aliphatic hydroxyl groups excluding tert-OH is 19. The summed E-state index contributed by atoms with van der Waals surface area (Å²) in [6, 6.07) is 0. The van der Waals surface area contributed by atoms with E-state index in [1.165, 1.54) is 6.92 Å². The second-order valence-electron chi connectivity index (χ2n) is 30.0. The summed E-state index contributed by atoms with van der Waals surface area (Å²) in [7, 11) is 0. The highest BCUT2D eigenvalue weighted by Crippen LogP contribution is 2.76. The van der Waals surface area contributed by atoms with Crippen LogP contribution in [0.5, 0.6) is 0 Å². The molecule has 0 amide bonds. The number of esters is 1. The van der Waals surface area contributed by atoms with Gasteiger partial charge in [0.1, 0.15) is 103 Å². The third-order valence-corrected chi connectivity index (χ3v) is 24.1. The lowest BCUT2D eigenvalue weighted by atomic mass is 9.33. The van der Waals surface area contributed by atoms with Crippen molar-refractivity contribution >= 4 is 5.97 Å². The number of aliphatic hydroxyl groups is 20. The fourth-order valence-electron chi connectivity index (χ4n) is 18.4. The maximum atomic E-state index is 15.5. The third kappa shape index (κ3) is 11.9. The minimum Gasteiger partial charge on any atom is -0.432 e. The van der Waals surface area contributed by atoms with Gasteiger partial charge in [-0.25, -0.2) is 0 Å². The molecule has 0 spiro atoms. The topological polar surface area (TPSA) is 532 Å². The van der Waals surface area contributed by atoms with Gasteiger partial charge >= 0.3 is 5.97 Å². The Kier molecular flexibility index (Phi) is 20.8. The number of ether oxygens (including phenoxy) is 12. The molecule has 0 aromatic carbocycles. The summed E-state index contributed by atoms with van der Waals surface area (Å²) < 4.78 is 69.3. The van der Waals surface area contributed by atoms with Gasteiger partial charge in [-0.3, -0.25) is 4.79 Å². The van der Waals surface area contributed by atoms with Crippen molar-refractivity contribution in [1.29, 1.82) is 0 Å². The largest absolute Gasteiger partial charge is 0.432 e. The molecule has 11 rings (SSSR count). The standard InChI is InChI=1S/C61H98O33/c1-22-41(87-47-40(78)42(27(67)17-83-47)88-53-44(79)60(82,20-64)21-85-53)34(72)39(77)48(86-22)89-43-31(69)26(66)16-84-52(43)94-54(81)61-12-11-55(2,3)13-24(61)23-7-8-28-56(4)14-25(65)45(59(18-62,19-63)29(56)9-10-57(28,5)58(23,6)15-30(61)68)90-49-37(75)33(71)38(76)51(92-49)93-50-36(74)32(70)35(73)46(80)91-50/h7,22,24-53,62-80,82H,8-21H2,1-6H3/t22-,24+,25-,26+,27+,28+,29+,30-,31+,32-,33+,34-,35+,36-,37-,38-,39+,40-,41-,42-,43-,44+,45-,46+,47+,48-,49+,50+,51-,52+,53+,56-,57+,58-,60-,61+/m1/s1. The van der Waals surface area contributed by atoms with Crippen LogP contribution in [0, 0.1) is 50.2 Å². The van der Waals surface area contributed by atoms with E-state index in [2.05, 4.69) is 33.8 Å². The van der Waals surface area contributed by atoms with Crippen molar-refractivity contribution in [2.45, 2.75) is 271 Å². The average Bonchev–Trinajstić information content (AvgIpc) is 0.712. The summed E-state index contributed by atoms with van der Waals surface area (Å²) in [6.45, 7) is 7.63. The van der Waals surface area contributed by atoms with Gasteiger partial charge in [0.25, 0.3) is 0 Å². The number of allylic oxidation sites excluding steroid dienone is 2. The first-order chi connectivity index (χ1) is 44.0. The zero-order valence-corrected chi connectivity index (χ0v) is 53.1. The minimum absolute atomic E-state index is 0.0137. The number of fused-ring (bicyclic) bond motifs is 7. The Morgan fingerprint density at radius 1 is 0.532 bits per heavy atom. The van der Waals surface area contributed by atoms with Crippen LogP contribution in [0.1, 0.15) is 92.9 Å². The van der Waals surface area contributed by atoms with E-state index in [1.807, 2.05) is 6.92 Å². The zero-order valence-electron chi connectivity index (χ0n) is 53.1. The van der Waals surface area contributed by atoms with Crippen LogP contribution in [0.25, 0.3) is 0 Å². The SMILES string of the molecule is C[C@H]1O[C@H](O[C@H]2[C@H](OC(=O)[C@@]34CCC(C)(C)C[C@H]3C3=CC[C@H]5[C@@]6(C)C[C@@H](O)[C@@H](O[C@H]7O[C@H](O[C@@H]8O[C@H](O)[C@@H](O)[C@@H](O)[C@H]8O)[C@H](O)[C@@H](O)[C@H]7O)C(CO)(CO)[C@H]6CC[C@]5(C)[C@]3(C)C[C@H]4O)OC[C@H](O)[C@@H]2O)[C@@H](O)[C@@H](O)[C@@H]1O[C@@H]1OC[C@H](O)[C@@H](O[C@@H]2OC[C@](O)(CO)[C@H]2O)[C@H]1O. The maximum Gasteiger partial charge on any atom is 0.317 e. The molecular formula is C61H98O33. The van der Waals surface area contributed by atoms with Crippen LogP contribution in [0.4, 0.5) is 0 Å². The molecule has 20 N–H and O–H groups in total. The van der Waals surface area contributed by atoms with E-state index in [0.717, 1.165) is 5.57 Å². The molecule has 0 aromatic rings. The lowest BCUT2D eigenvalue weighted by molar-refractivity contribution is -0.420. The maximum absolute atomic E-state index is 15.5. The van der Waals surface area contributed by atoms with Gasteiger partial charge in [-0.15, -0.1) is 0 Å². The predicted octanol–water partition coefficient (Wildman–Crippen LogP) is -7.64. The van der Waals surface area contributed by atoms with Crippen LogP contribution >= 0.6 is 0 Å². The summed E-state index contributed by atoms with van der Waals surface area (Å²) in [5.41, 5.74) is -7.46. The van der Waals surface area contributed by atoms with Crippen LogP contribution in [-0.4, -0.2) is 326 Å². The number of hydrogen-bond donors (Lipinski definition) is 20. The van der Waals surface area contributed by atoms with Crippen molar-refractivity contribution in [3.05, 3.63) is 11.6 Å². The predicted molar refractivity (Wildman–Crippen MR) is 305 cm³/mol. The van der Waals surface area contributed by atoms with Gasteiger partial charge in [0.2, 0.25) is 6.29 Å². The lowest BCUT2D eigenvalue weighted by Gasteiger charge is -2.72.